The molecule has 0 unspecified atom stereocenters. The number of anilines is 1. The number of hydrogen-bond donors (Lipinski definition) is 1. The van der Waals surface area contributed by atoms with Gasteiger partial charge in [-0.15, -0.1) is 0 Å². The Kier molecular flexibility index (Phi) is 4.04. The van der Waals surface area contributed by atoms with Gasteiger partial charge in [-0.05, 0) is 36.4 Å². The normalized spacial score (nSPS) is 19.9. The minimum Gasteiger partial charge on any atom is -0.386 e. The molecule has 0 spiro atoms. The van der Waals surface area contributed by atoms with E-state index in [1.807, 2.05) is 24.6 Å². The monoisotopic (exact) mass is 331 g/mol. The SMILES string of the molecule is CC(C)c1nc(N2CCCn3nc([C@H](O)C4CCC4)cc3C2)no1. The Labute approximate surface area is 141 Å². The van der Waals surface area contributed by atoms with Crippen LogP contribution in [0.1, 0.15) is 68.8 Å². The number of aromatic nitrogens is 4. The molecule has 2 aliphatic rings. The lowest BCUT2D eigenvalue weighted by Crippen LogP contribution is -2.24. The molecule has 0 bridgehead atoms. The summed E-state index contributed by atoms with van der Waals surface area (Å²) >= 11 is 0. The maximum Gasteiger partial charge on any atom is 0.266 e. The lowest BCUT2D eigenvalue weighted by Gasteiger charge is -2.29. The van der Waals surface area contributed by atoms with Gasteiger partial charge < -0.3 is 14.5 Å². The lowest BCUT2D eigenvalue weighted by atomic mass is 9.80. The van der Waals surface area contributed by atoms with Gasteiger partial charge >= 0.3 is 0 Å². The summed E-state index contributed by atoms with van der Waals surface area (Å²) in [5.41, 5.74) is 1.92. The summed E-state index contributed by atoms with van der Waals surface area (Å²) < 4.78 is 7.37. The van der Waals surface area contributed by atoms with Crippen LogP contribution in [0.25, 0.3) is 0 Å². The number of rotatable bonds is 4. The van der Waals surface area contributed by atoms with Gasteiger partial charge in [0.2, 0.25) is 5.89 Å². The van der Waals surface area contributed by atoms with Crippen molar-refractivity contribution < 1.29 is 9.63 Å². The fourth-order valence-corrected chi connectivity index (χ4v) is 3.39. The zero-order valence-corrected chi connectivity index (χ0v) is 14.4. The number of nitrogens with zero attached hydrogens (tertiary/aromatic N) is 5. The van der Waals surface area contributed by atoms with Crippen LogP contribution in [0, 0.1) is 5.92 Å². The summed E-state index contributed by atoms with van der Waals surface area (Å²) in [4.78, 5) is 6.64. The molecule has 3 heterocycles. The first kappa shape index (κ1) is 15.6. The maximum absolute atomic E-state index is 10.5. The topological polar surface area (TPSA) is 80.2 Å². The fourth-order valence-electron chi connectivity index (χ4n) is 3.39. The van der Waals surface area contributed by atoms with Crippen molar-refractivity contribution in [3.05, 3.63) is 23.3 Å². The molecule has 1 saturated carbocycles. The first-order valence-electron chi connectivity index (χ1n) is 8.95. The van der Waals surface area contributed by atoms with Crippen molar-refractivity contribution in [3.63, 3.8) is 0 Å². The number of aliphatic hydroxyl groups excluding tert-OH is 1. The molecule has 1 aliphatic heterocycles. The summed E-state index contributed by atoms with van der Waals surface area (Å²) in [5.74, 6) is 1.93. The van der Waals surface area contributed by atoms with E-state index in [4.69, 9.17) is 4.52 Å². The van der Waals surface area contributed by atoms with E-state index in [0.717, 1.165) is 43.7 Å². The molecule has 0 amide bonds. The van der Waals surface area contributed by atoms with E-state index in [-0.39, 0.29) is 5.92 Å². The highest BCUT2D eigenvalue weighted by Crippen LogP contribution is 2.37. The number of hydrogen-bond acceptors (Lipinski definition) is 6. The Bertz CT molecular complexity index is 704. The Hall–Kier alpha value is -1.89. The summed E-state index contributed by atoms with van der Waals surface area (Å²) in [6.07, 6.45) is 3.98. The predicted molar refractivity (Wildman–Crippen MR) is 88.6 cm³/mol. The zero-order chi connectivity index (χ0) is 16.7. The Morgan fingerprint density at radius 1 is 1.25 bits per heavy atom. The van der Waals surface area contributed by atoms with E-state index < -0.39 is 6.10 Å². The average molecular weight is 331 g/mol. The van der Waals surface area contributed by atoms with Gasteiger partial charge in [-0.2, -0.15) is 10.1 Å². The molecule has 0 radical (unpaired) electrons. The van der Waals surface area contributed by atoms with Crippen LogP contribution >= 0.6 is 0 Å². The maximum atomic E-state index is 10.5. The van der Waals surface area contributed by atoms with Gasteiger partial charge in [-0.1, -0.05) is 20.3 Å². The van der Waals surface area contributed by atoms with E-state index in [0.29, 0.717) is 24.3 Å². The van der Waals surface area contributed by atoms with E-state index in [1.54, 1.807) is 0 Å². The third-order valence-electron chi connectivity index (χ3n) is 5.14. The minimum absolute atomic E-state index is 0.230. The molecule has 1 fully saturated rings. The molecule has 2 aromatic rings. The summed E-state index contributed by atoms with van der Waals surface area (Å²) in [5, 5.41) is 19.3. The molecule has 0 saturated heterocycles. The highest BCUT2D eigenvalue weighted by atomic mass is 16.5. The third kappa shape index (κ3) is 2.81. The second kappa shape index (κ2) is 6.20. The molecular weight excluding hydrogens is 306 g/mol. The summed E-state index contributed by atoms with van der Waals surface area (Å²) in [6, 6.07) is 2.05. The summed E-state index contributed by atoms with van der Waals surface area (Å²) in [6.45, 7) is 6.52. The molecule has 7 heteroatoms. The van der Waals surface area contributed by atoms with Crippen LogP contribution in [0.3, 0.4) is 0 Å². The number of aliphatic hydroxyl groups is 1. The van der Waals surface area contributed by atoms with Crippen molar-refractivity contribution in [2.75, 3.05) is 11.4 Å². The highest BCUT2D eigenvalue weighted by molar-refractivity contribution is 5.31. The molecule has 0 aromatic carbocycles. The van der Waals surface area contributed by atoms with Crippen molar-refractivity contribution in [3.8, 4) is 0 Å². The van der Waals surface area contributed by atoms with Crippen molar-refractivity contribution in [1.29, 1.82) is 0 Å². The molecule has 1 N–H and O–H groups in total. The molecule has 4 rings (SSSR count). The molecule has 1 atom stereocenters. The first-order valence-corrected chi connectivity index (χ1v) is 8.95. The third-order valence-corrected chi connectivity index (χ3v) is 5.14. The van der Waals surface area contributed by atoms with E-state index in [2.05, 4.69) is 20.1 Å². The van der Waals surface area contributed by atoms with Crippen LogP contribution in [-0.2, 0) is 13.1 Å². The zero-order valence-electron chi connectivity index (χ0n) is 14.4. The van der Waals surface area contributed by atoms with Gasteiger partial charge in [0.05, 0.1) is 17.9 Å². The van der Waals surface area contributed by atoms with Gasteiger partial charge in [-0.3, -0.25) is 4.68 Å². The molecular formula is C17H25N5O2. The molecule has 7 nitrogen and oxygen atoms in total. The Morgan fingerprint density at radius 2 is 2.08 bits per heavy atom. The van der Waals surface area contributed by atoms with Gasteiger partial charge in [0.1, 0.15) is 6.10 Å². The molecule has 24 heavy (non-hydrogen) atoms. The predicted octanol–water partition coefficient (Wildman–Crippen LogP) is 2.63. The quantitative estimate of drug-likeness (QED) is 0.927. The van der Waals surface area contributed by atoms with Crippen molar-refractivity contribution >= 4 is 5.95 Å². The standard InChI is InChI=1S/C17H25N5O2/c1-11(2)16-18-17(20-24-16)21-7-4-8-22-13(10-21)9-14(19-22)15(23)12-5-3-6-12/h9,11-12,15,23H,3-8,10H2,1-2H3/t15-/m1/s1. The van der Waals surface area contributed by atoms with Crippen molar-refractivity contribution in [2.24, 2.45) is 5.92 Å². The highest BCUT2D eigenvalue weighted by Gasteiger charge is 2.30. The number of fused-ring (bicyclic) bond motifs is 1. The van der Waals surface area contributed by atoms with Gasteiger partial charge in [-0.25, -0.2) is 0 Å². The van der Waals surface area contributed by atoms with Crippen LogP contribution in [0.15, 0.2) is 10.6 Å². The average Bonchev–Trinajstić information content (AvgIpc) is 3.09. The first-order chi connectivity index (χ1) is 11.6. The van der Waals surface area contributed by atoms with Crippen molar-refractivity contribution in [1.82, 2.24) is 19.9 Å². The van der Waals surface area contributed by atoms with E-state index in [1.165, 1.54) is 6.42 Å². The van der Waals surface area contributed by atoms with Gasteiger partial charge in [0.25, 0.3) is 5.95 Å². The lowest BCUT2D eigenvalue weighted by molar-refractivity contribution is 0.0581. The fraction of sp³-hybridized carbons (Fsp3) is 0.706. The van der Waals surface area contributed by atoms with Crippen LogP contribution in [0.2, 0.25) is 0 Å². The molecule has 130 valence electrons. The second-order valence-corrected chi connectivity index (χ2v) is 7.28. The van der Waals surface area contributed by atoms with E-state index in [9.17, 15) is 5.11 Å². The van der Waals surface area contributed by atoms with Crippen LogP contribution < -0.4 is 4.90 Å². The second-order valence-electron chi connectivity index (χ2n) is 7.28. The van der Waals surface area contributed by atoms with Gasteiger partial charge in [0, 0.05) is 19.0 Å². The van der Waals surface area contributed by atoms with E-state index >= 15 is 0 Å². The van der Waals surface area contributed by atoms with Crippen LogP contribution in [0.5, 0.6) is 0 Å². The number of aryl methyl sites for hydroxylation is 1. The molecule has 1 aliphatic carbocycles. The summed E-state index contributed by atoms with van der Waals surface area (Å²) in [7, 11) is 0. The smallest absolute Gasteiger partial charge is 0.266 e. The molecule has 2 aromatic heterocycles. The van der Waals surface area contributed by atoms with Crippen LogP contribution in [-0.4, -0.2) is 31.6 Å². The minimum atomic E-state index is -0.427. The Morgan fingerprint density at radius 3 is 2.75 bits per heavy atom. The van der Waals surface area contributed by atoms with Crippen LogP contribution in [0.4, 0.5) is 5.95 Å². The van der Waals surface area contributed by atoms with Crippen molar-refractivity contribution in [2.45, 2.75) is 64.6 Å². The largest absolute Gasteiger partial charge is 0.386 e. The Balaban J connectivity index is 1.54. The van der Waals surface area contributed by atoms with Gasteiger partial charge in [0.15, 0.2) is 0 Å².